The van der Waals surface area contributed by atoms with Crippen molar-refractivity contribution < 1.29 is 14.3 Å². The molecule has 2 atom stereocenters. The second kappa shape index (κ2) is 7.55. The Morgan fingerprint density at radius 2 is 1.81 bits per heavy atom. The molecule has 0 saturated heterocycles. The van der Waals surface area contributed by atoms with Crippen LogP contribution < -0.4 is 14.8 Å². The van der Waals surface area contributed by atoms with Gasteiger partial charge in [-0.15, -0.1) is 11.6 Å². The number of methoxy groups -OCH3 is 2. The maximum absolute atomic E-state index is 12.3. The Hall–Kier alpha value is -1.42. The zero-order chi connectivity index (χ0) is 15.2. The Balaban J connectivity index is 1.99. The molecule has 4 nitrogen and oxygen atoms in total. The first-order valence-corrected chi connectivity index (χ1v) is 7.73. The van der Waals surface area contributed by atoms with Gasteiger partial charge in [-0.05, 0) is 30.9 Å². The highest BCUT2D eigenvalue weighted by atomic mass is 35.5. The van der Waals surface area contributed by atoms with Gasteiger partial charge in [0, 0.05) is 23.6 Å². The third-order valence-corrected chi connectivity index (χ3v) is 4.53. The Morgan fingerprint density at radius 3 is 2.38 bits per heavy atom. The van der Waals surface area contributed by atoms with Gasteiger partial charge in [0.2, 0.25) is 0 Å². The molecule has 5 heteroatoms. The van der Waals surface area contributed by atoms with Gasteiger partial charge < -0.3 is 14.8 Å². The molecule has 0 aliphatic heterocycles. The number of hydrogen-bond acceptors (Lipinski definition) is 3. The van der Waals surface area contributed by atoms with Crippen LogP contribution in [0.2, 0.25) is 0 Å². The first-order valence-electron chi connectivity index (χ1n) is 7.29. The van der Waals surface area contributed by atoms with Gasteiger partial charge in [-0.2, -0.15) is 0 Å². The fourth-order valence-corrected chi connectivity index (χ4v) is 3.03. The van der Waals surface area contributed by atoms with Gasteiger partial charge in [-0.3, -0.25) is 4.79 Å². The zero-order valence-electron chi connectivity index (χ0n) is 12.5. The van der Waals surface area contributed by atoms with Crippen LogP contribution in [0.1, 0.15) is 36.0 Å². The maximum Gasteiger partial charge on any atom is 0.251 e. The number of carbonyl (C=O) groups excluding carboxylic acids is 1. The number of halogens is 1. The Morgan fingerprint density at radius 1 is 1.19 bits per heavy atom. The Bertz CT molecular complexity index is 470. The minimum absolute atomic E-state index is 0.123. The third kappa shape index (κ3) is 4.27. The molecule has 1 aliphatic carbocycles. The van der Waals surface area contributed by atoms with Crippen molar-refractivity contribution >= 4 is 17.5 Å². The minimum Gasteiger partial charge on any atom is -0.497 e. The lowest BCUT2D eigenvalue weighted by Crippen LogP contribution is -2.34. The number of carbonyl (C=O) groups is 1. The van der Waals surface area contributed by atoms with E-state index in [2.05, 4.69) is 5.32 Å². The summed E-state index contributed by atoms with van der Waals surface area (Å²) < 4.78 is 10.4. The van der Waals surface area contributed by atoms with Gasteiger partial charge in [0.05, 0.1) is 14.2 Å². The van der Waals surface area contributed by atoms with E-state index in [1.165, 1.54) is 12.8 Å². The number of ether oxygens (including phenoxy) is 2. The molecule has 0 radical (unpaired) electrons. The largest absolute Gasteiger partial charge is 0.497 e. The van der Waals surface area contributed by atoms with E-state index >= 15 is 0 Å². The van der Waals surface area contributed by atoms with Crippen LogP contribution in [0.5, 0.6) is 11.5 Å². The number of nitrogens with one attached hydrogen (secondary N) is 1. The second-order valence-electron chi connectivity index (χ2n) is 5.37. The lowest BCUT2D eigenvalue weighted by atomic mass is 9.88. The molecular weight excluding hydrogens is 290 g/mol. The average Bonchev–Trinajstić information content (AvgIpc) is 2.53. The zero-order valence-corrected chi connectivity index (χ0v) is 13.3. The lowest BCUT2D eigenvalue weighted by molar-refractivity contribution is 0.0943. The summed E-state index contributed by atoms with van der Waals surface area (Å²) in [5.41, 5.74) is 0.535. The molecule has 1 aromatic carbocycles. The predicted octanol–water partition coefficient (Wildman–Crippen LogP) is 3.23. The van der Waals surface area contributed by atoms with Crippen LogP contribution in [-0.2, 0) is 0 Å². The predicted molar refractivity (Wildman–Crippen MR) is 83.5 cm³/mol. The monoisotopic (exact) mass is 311 g/mol. The molecule has 1 aromatic rings. The molecule has 2 unspecified atom stereocenters. The van der Waals surface area contributed by atoms with Crippen molar-refractivity contribution in [2.75, 3.05) is 20.8 Å². The topological polar surface area (TPSA) is 47.6 Å². The normalized spacial score (nSPS) is 21.7. The summed E-state index contributed by atoms with van der Waals surface area (Å²) in [5, 5.41) is 3.13. The molecule has 2 rings (SSSR count). The molecule has 1 N–H and O–H groups in total. The number of benzene rings is 1. The highest BCUT2D eigenvalue weighted by molar-refractivity contribution is 6.20. The van der Waals surface area contributed by atoms with Gasteiger partial charge in [-0.1, -0.05) is 12.8 Å². The minimum atomic E-state index is -0.123. The smallest absolute Gasteiger partial charge is 0.251 e. The molecule has 116 valence electrons. The Kier molecular flexibility index (Phi) is 5.74. The molecule has 1 amide bonds. The number of alkyl halides is 1. The summed E-state index contributed by atoms with van der Waals surface area (Å²) >= 11 is 6.32. The first-order chi connectivity index (χ1) is 10.1. The standard InChI is InChI=1S/C16H22ClNO3/c1-20-13-7-12(8-14(9-13)21-2)16(19)18-10-11-5-3-4-6-15(11)17/h7-9,11,15H,3-6,10H2,1-2H3,(H,18,19). The van der Waals surface area contributed by atoms with E-state index < -0.39 is 0 Å². The quantitative estimate of drug-likeness (QED) is 0.849. The van der Waals surface area contributed by atoms with Crippen LogP contribution in [-0.4, -0.2) is 32.0 Å². The highest BCUT2D eigenvalue weighted by Crippen LogP contribution is 2.28. The van der Waals surface area contributed by atoms with Crippen molar-refractivity contribution in [3.05, 3.63) is 23.8 Å². The van der Waals surface area contributed by atoms with Gasteiger partial charge in [0.1, 0.15) is 11.5 Å². The maximum atomic E-state index is 12.3. The van der Waals surface area contributed by atoms with Gasteiger partial charge in [0.25, 0.3) is 5.91 Å². The summed E-state index contributed by atoms with van der Waals surface area (Å²) in [6.45, 7) is 0.618. The van der Waals surface area contributed by atoms with Gasteiger partial charge in [0.15, 0.2) is 0 Å². The van der Waals surface area contributed by atoms with E-state index in [1.54, 1.807) is 32.4 Å². The summed E-state index contributed by atoms with van der Waals surface area (Å²) in [6, 6.07) is 5.15. The van der Waals surface area contributed by atoms with Crippen molar-refractivity contribution in [2.24, 2.45) is 5.92 Å². The molecule has 0 spiro atoms. The summed E-state index contributed by atoms with van der Waals surface area (Å²) in [7, 11) is 3.13. The van der Waals surface area contributed by atoms with E-state index in [-0.39, 0.29) is 11.3 Å². The molecule has 1 aliphatic rings. The molecule has 1 fully saturated rings. The van der Waals surface area contributed by atoms with Crippen molar-refractivity contribution in [2.45, 2.75) is 31.1 Å². The van der Waals surface area contributed by atoms with Crippen LogP contribution >= 0.6 is 11.6 Å². The third-order valence-electron chi connectivity index (χ3n) is 3.95. The van der Waals surface area contributed by atoms with Crippen molar-refractivity contribution in [1.29, 1.82) is 0 Å². The first kappa shape index (κ1) is 16.0. The summed E-state index contributed by atoms with van der Waals surface area (Å²) in [4.78, 5) is 12.3. The van der Waals surface area contributed by atoms with E-state index in [1.807, 2.05) is 0 Å². The van der Waals surface area contributed by atoms with Crippen LogP contribution in [0.4, 0.5) is 0 Å². The van der Waals surface area contributed by atoms with Gasteiger partial charge >= 0.3 is 0 Å². The fraction of sp³-hybridized carbons (Fsp3) is 0.562. The average molecular weight is 312 g/mol. The van der Waals surface area contributed by atoms with E-state index in [9.17, 15) is 4.79 Å². The van der Waals surface area contributed by atoms with E-state index in [0.29, 0.717) is 29.5 Å². The molecule has 0 aromatic heterocycles. The van der Waals surface area contributed by atoms with E-state index in [4.69, 9.17) is 21.1 Å². The molecule has 0 bridgehead atoms. The second-order valence-corrected chi connectivity index (χ2v) is 5.93. The number of hydrogen-bond donors (Lipinski definition) is 1. The number of amides is 1. The number of rotatable bonds is 5. The molecule has 0 heterocycles. The summed E-state index contributed by atoms with van der Waals surface area (Å²) in [5.74, 6) is 1.44. The van der Waals surface area contributed by atoms with Crippen LogP contribution in [0.3, 0.4) is 0 Å². The van der Waals surface area contributed by atoms with E-state index in [0.717, 1.165) is 12.8 Å². The fourth-order valence-electron chi connectivity index (χ4n) is 2.66. The highest BCUT2D eigenvalue weighted by Gasteiger charge is 2.23. The Labute approximate surface area is 130 Å². The lowest BCUT2D eigenvalue weighted by Gasteiger charge is -2.27. The molecular formula is C16H22ClNO3. The molecule has 1 saturated carbocycles. The SMILES string of the molecule is COc1cc(OC)cc(C(=O)NCC2CCCCC2Cl)c1. The summed E-state index contributed by atoms with van der Waals surface area (Å²) in [6.07, 6.45) is 4.49. The van der Waals surface area contributed by atoms with Crippen molar-refractivity contribution in [1.82, 2.24) is 5.32 Å². The van der Waals surface area contributed by atoms with Crippen LogP contribution in [0.25, 0.3) is 0 Å². The van der Waals surface area contributed by atoms with Crippen LogP contribution in [0.15, 0.2) is 18.2 Å². The van der Waals surface area contributed by atoms with Crippen molar-refractivity contribution in [3.63, 3.8) is 0 Å². The van der Waals surface area contributed by atoms with Crippen molar-refractivity contribution in [3.8, 4) is 11.5 Å². The van der Waals surface area contributed by atoms with Crippen LogP contribution in [0, 0.1) is 5.92 Å². The molecule has 21 heavy (non-hydrogen) atoms. The van der Waals surface area contributed by atoms with Gasteiger partial charge in [-0.25, -0.2) is 0 Å².